The molecular formula is C16H14N2O4. The average molecular weight is 298 g/mol. The Hall–Kier alpha value is -3.02. The first kappa shape index (κ1) is 13.9. The molecule has 3 rings (SSSR count). The molecule has 1 heterocycles. The quantitative estimate of drug-likeness (QED) is 0.909. The van der Waals surface area contributed by atoms with Gasteiger partial charge in [0, 0.05) is 12.1 Å². The number of benzene rings is 2. The van der Waals surface area contributed by atoms with E-state index >= 15 is 0 Å². The second-order valence-electron chi connectivity index (χ2n) is 4.69. The molecular weight excluding hydrogens is 284 g/mol. The number of hydrogen-bond acceptors (Lipinski definition) is 4. The van der Waals surface area contributed by atoms with Gasteiger partial charge in [-0.2, -0.15) is 0 Å². The first-order valence-corrected chi connectivity index (χ1v) is 6.75. The summed E-state index contributed by atoms with van der Waals surface area (Å²) in [5.41, 5.74) is 1.28. The molecule has 1 aliphatic heterocycles. The summed E-state index contributed by atoms with van der Waals surface area (Å²) in [5.74, 6) is 0.899. The third kappa shape index (κ3) is 3.17. The molecule has 3 amide bonds. The number of urea groups is 1. The van der Waals surface area contributed by atoms with Crippen molar-refractivity contribution in [3.05, 3.63) is 59.7 Å². The molecule has 0 spiro atoms. The second-order valence-corrected chi connectivity index (χ2v) is 4.69. The Kier molecular flexibility index (Phi) is 3.91. The Morgan fingerprint density at radius 2 is 1.77 bits per heavy atom. The molecule has 0 bridgehead atoms. The number of nitrogens with one attached hydrogen (secondary N) is 2. The van der Waals surface area contributed by atoms with E-state index in [1.165, 1.54) is 0 Å². The third-order valence-corrected chi connectivity index (χ3v) is 3.15. The van der Waals surface area contributed by atoms with Gasteiger partial charge < -0.3 is 14.8 Å². The van der Waals surface area contributed by atoms with E-state index in [9.17, 15) is 9.59 Å². The average Bonchev–Trinajstić information content (AvgIpc) is 3.01. The van der Waals surface area contributed by atoms with Crippen LogP contribution in [0, 0.1) is 0 Å². The highest BCUT2D eigenvalue weighted by atomic mass is 16.7. The molecule has 22 heavy (non-hydrogen) atoms. The minimum Gasteiger partial charge on any atom is -0.454 e. The number of fused-ring (bicyclic) bond motifs is 1. The van der Waals surface area contributed by atoms with Crippen molar-refractivity contribution in [2.75, 3.05) is 6.79 Å². The van der Waals surface area contributed by atoms with Crippen LogP contribution in [0.3, 0.4) is 0 Å². The first-order valence-electron chi connectivity index (χ1n) is 6.75. The molecule has 2 aromatic rings. The maximum absolute atomic E-state index is 11.8. The number of carbonyl (C=O) groups is 2. The Morgan fingerprint density at radius 3 is 2.59 bits per heavy atom. The van der Waals surface area contributed by atoms with Crippen molar-refractivity contribution in [3.8, 4) is 11.5 Å². The Labute approximate surface area is 127 Å². The van der Waals surface area contributed by atoms with E-state index in [0.717, 1.165) is 5.56 Å². The maximum atomic E-state index is 11.8. The second kappa shape index (κ2) is 6.17. The van der Waals surface area contributed by atoms with Gasteiger partial charge in [-0.05, 0) is 29.8 Å². The summed E-state index contributed by atoms with van der Waals surface area (Å²) >= 11 is 0. The highest BCUT2D eigenvalue weighted by molar-refractivity contribution is 6.04. The first-order chi connectivity index (χ1) is 10.7. The predicted octanol–water partition coefficient (Wildman–Crippen LogP) is 2.05. The lowest BCUT2D eigenvalue weighted by atomic mass is 10.2. The van der Waals surface area contributed by atoms with E-state index in [1.54, 1.807) is 42.5 Å². The van der Waals surface area contributed by atoms with Crippen LogP contribution in [0.1, 0.15) is 15.9 Å². The fraction of sp³-hybridized carbons (Fsp3) is 0.125. The molecule has 0 aromatic heterocycles. The van der Waals surface area contributed by atoms with Crippen LogP contribution in [-0.4, -0.2) is 18.7 Å². The van der Waals surface area contributed by atoms with Gasteiger partial charge in [-0.3, -0.25) is 10.1 Å². The molecule has 6 nitrogen and oxygen atoms in total. The van der Waals surface area contributed by atoms with Gasteiger partial charge in [0.1, 0.15) is 0 Å². The molecule has 0 fully saturated rings. The topological polar surface area (TPSA) is 76.7 Å². The van der Waals surface area contributed by atoms with E-state index in [4.69, 9.17) is 9.47 Å². The monoisotopic (exact) mass is 298 g/mol. The van der Waals surface area contributed by atoms with Crippen LogP contribution in [0.5, 0.6) is 11.5 Å². The van der Waals surface area contributed by atoms with Crippen molar-refractivity contribution in [2.45, 2.75) is 6.54 Å². The lowest BCUT2D eigenvalue weighted by molar-refractivity contribution is 0.0964. The van der Waals surface area contributed by atoms with Crippen molar-refractivity contribution in [1.29, 1.82) is 0 Å². The number of carbonyl (C=O) groups excluding carboxylic acids is 2. The fourth-order valence-electron chi connectivity index (χ4n) is 2.04. The van der Waals surface area contributed by atoms with Gasteiger partial charge in [0.25, 0.3) is 5.91 Å². The zero-order valence-corrected chi connectivity index (χ0v) is 11.7. The molecule has 0 atom stereocenters. The van der Waals surface area contributed by atoms with Crippen molar-refractivity contribution < 1.29 is 19.1 Å². The van der Waals surface area contributed by atoms with Crippen molar-refractivity contribution in [3.63, 3.8) is 0 Å². The number of hydrogen-bond donors (Lipinski definition) is 2. The number of ether oxygens (including phenoxy) is 2. The highest BCUT2D eigenvalue weighted by Gasteiger charge is 2.14. The van der Waals surface area contributed by atoms with Gasteiger partial charge in [-0.25, -0.2) is 4.79 Å². The van der Waals surface area contributed by atoms with Gasteiger partial charge in [0.05, 0.1) is 0 Å². The molecule has 1 aliphatic rings. The van der Waals surface area contributed by atoms with Crippen LogP contribution >= 0.6 is 0 Å². The van der Waals surface area contributed by atoms with Gasteiger partial charge in [-0.15, -0.1) is 0 Å². The SMILES string of the molecule is O=C(NCc1ccc2c(c1)OCO2)NC(=O)c1ccccc1. The van der Waals surface area contributed by atoms with Crippen molar-refractivity contribution in [1.82, 2.24) is 10.6 Å². The van der Waals surface area contributed by atoms with Crippen LogP contribution in [0.15, 0.2) is 48.5 Å². The predicted molar refractivity (Wildman–Crippen MR) is 78.7 cm³/mol. The van der Waals surface area contributed by atoms with Crippen molar-refractivity contribution in [2.24, 2.45) is 0 Å². The molecule has 2 N–H and O–H groups in total. The third-order valence-electron chi connectivity index (χ3n) is 3.15. The minimum atomic E-state index is -0.550. The smallest absolute Gasteiger partial charge is 0.321 e. The minimum absolute atomic E-state index is 0.207. The largest absolute Gasteiger partial charge is 0.454 e. The molecule has 0 unspecified atom stereocenters. The standard InChI is InChI=1S/C16H14N2O4/c19-15(12-4-2-1-3-5-12)18-16(20)17-9-11-6-7-13-14(8-11)22-10-21-13/h1-8H,9-10H2,(H2,17,18,19,20). The maximum Gasteiger partial charge on any atom is 0.321 e. The van der Waals surface area contributed by atoms with E-state index in [1.807, 2.05) is 6.07 Å². The summed E-state index contributed by atoms with van der Waals surface area (Å²) in [6, 6.07) is 13.4. The van der Waals surface area contributed by atoms with E-state index in [-0.39, 0.29) is 13.3 Å². The number of amides is 3. The number of imide groups is 1. The summed E-state index contributed by atoms with van der Waals surface area (Å²) in [7, 11) is 0. The molecule has 6 heteroatoms. The fourth-order valence-corrected chi connectivity index (χ4v) is 2.04. The molecule has 112 valence electrons. The summed E-state index contributed by atoms with van der Waals surface area (Å²) in [6.45, 7) is 0.489. The Morgan fingerprint density at radius 1 is 1.00 bits per heavy atom. The molecule has 0 saturated heterocycles. The summed E-state index contributed by atoms with van der Waals surface area (Å²) in [4.78, 5) is 23.5. The van der Waals surface area contributed by atoms with E-state index in [0.29, 0.717) is 17.1 Å². The van der Waals surface area contributed by atoms with Crippen LogP contribution in [-0.2, 0) is 6.54 Å². The molecule has 0 radical (unpaired) electrons. The van der Waals surface area contributed by atoms with Crippen LogP contribution < -0.4 is 20.1 Å². The van der Waals surface area contributed by atoms with E-state index in [2.05, 4.69) is 10.6 Å². The summed E-state index contributed by atoms with van der Waals surface area (Å²) in [5, 5.41) is 4.90. The highest BCUT2D eigenvalue weighted by Crippen LogP contribution is 2.32. The van der Waals surface area contributed by atoms with E-state index < -0.39 is 11.9 Å². The Bertz CT molecular complexity index is 701. The zero-order chi connectivity index (χ0) is 15.4. The van der Waals surface area contributed by atoms with Crippen molar-refractivity contribution >= 4 is 11.9 Å². The van der Waals surface area contributed by atoms with Gasteiger partial charge in [-0.1, -0.05) is 24.3 Å². The number of rotatable bonds is 3. The normalized spacial score (nSPS) is 11.8. The van der Waals surface area contributed by atoms with Crippen LogP contribution in [0.2, 0.25) is 0 Å². The van der Waals surface area contributed by atoms with Crippen LogP contribution in [0.25, 0.3) is 0 Å². The lowest BCUT2D eigenvalue weighted by Gasteiger charge is -2.07. The summed E-state index contributed by atoms with van der Waals surface area (Å²) in [6.07, 6.45) is 0. The molecule has 0 aliphatic carbocycles. The molecule has 2 aromatic carbocycles. The van der Waals surface area contributed by atoms with Gasteiger partial charge >= 0.3 is 6.03 Å². The van der Waals surface area contributed by atoms with Crippen LogP contribution in [0.4, 0.5) is 4.79 Å². The molecule has 0 saturated carbocycles. The van der Waals surface area contributed by atoms with Gasteiger partial charge in [0.2, 0.25) is 6.79 Å². The summed E-state index contributed by atoms with van der Waals surface area (Å²) < 4.78 is 10.5. The Balaban J connectivity index is 1.53. The zero-order valence-electron chi connectivity index (χ0n) is 11.7. The lowest BCUT2D eigenvalue weighted by Crippen LogP contribution is -2.39. The van der Waals surface area contributed by atoms with Gasteiger partial charge in [0.15, 0.2) is 11.5 Å².